The molecule has 5 heteroatoms. The molecule has 0 spiro atoms. The number of aliphatic carboxylic acids is 1. The fourth-order valence-corrected chi connectivity index (χ4v) is 3.56. The van der Waals surface area contributed by atoms with Gasteiger partial charge in [0.1, 0.15) is 0 Å². The Balaban J connectivity index is 1.93. The smallest absolute Gasteiger partial charge is 0.303 e. The predicted molar refractivity (Wildman–Crippen MR) is 71.4 cm³/mol. The first kappa shape index (κ1) is 14.3. The predicted octanol–water partition coefficient (Wildman–Crippen LogP) is 1.07. The Hall–Kier alpha value is -1.10. The van der Waals surface area contributed by atoms with Crippen molar-refractivity contribution in [2.24, 2.45) is 23.5 Å². The zero-order valence-corrected chi connectivity index (χ0v) is 11.4. The zero-order chi connectivity index (χ0) is 13.8. The fourth-order valence-electron chi connectivity index (χ4n) is 3.56. The molecule has 2 fully saturated rings. The molecule has 0 aromatic rings. The van der Waals surface area contributed by atoms with E-state index in [1.807, 2.05) is 4.90 Å². The van der Waals surface area contributed by atoms with Crippen molar-refractivity contribution in [3.63, 3.8) is 0 Å². The second kappa shape index (κ2) is 6.37. The fraction of sp³-hybridized carbons (Fsp3) is 0.857. The highest BCUT2D eigenvalue weighted by Crippen LogP contribution is 2.33. The van der Waals surface area contributed by atoms with Gasteiger partial charge in [0.25, 0.3) is 0 Å². The van der Waals surface area contributed by atoms with E-state index in [1.165, 1.54) is 0 Å². The topological polar surface area (TPSA) is 83.6 Å². The molecule has 1 saturated carbocycles. The van der Waals surface area contributed by atoms with Crippen LogP contribution in [0.25, 0.3) is 0 Å². The maximum atomic E-state index is 12.5. The number of hydrogen-bond donors (Lipinski definition) is 2. The lowest BCUT2D eigenvalue weighted by molar-refractivity contribution is -0.142. The number of piperidine rings is 1. The number of carboxylic acids is 1. The van der Waals surface area contributed by atoms with E-state index in [-0.39, 0.29) is 24.2 Å². The molecule has 3 unspecified atom stereocenters. The number of carbonyl (C=O) groups is 2. The van der Waals surface area contributed by atoms with Gasteiger partial charge in [0.15, 0.2) is 0 Å². The number of nitrogens with zero attached hydrogens (tertiary/aromatic N) is 1. The van der Waals surface area contributed by atoms with E-state index >= 15 is 0 Å². The molecule has 19 heavy (non-hydrogen) atoms. The quantitative estimate of drug-likeness (QED) is 0.799. The summed E-state index contributed by atoms with van der Waals surface area (Å²) >= 11 is 0. The van der Waals surface area contributed by atoms with Crippen molar-refractivity contribution in [1.82, 2.24) is 4.90 Å². The largest absolute Gasteiger partial charge is 0.481 e. The standard InChI is InChI=1S/C14H24N2O3/c15-8-11-4-1-5-12(11)14(19)16-6-2-3-10(9-16)7-13(17)18/h10-12H,1-9,15H2,(H,17,18). The lowest BCUT2D eigenvalue weighted by atomic mass is 9.91. The molecule has 0 radical (unpaired) electrons. The Bertz CT molecular complexity index is 346. The molecule has 1 saturated heterocycles. The van der Waals surface area contributed by atoms with Gasteiger partial charge in [-0.15, -0.1) is 0 Å². The van der Waals surface area contributed by atoms with E-state index in [2.05, 4.69) is 0 Å². The lowest BCUT2D eigenvalue weighted by Gasteiger charge is -2.35. The number of nitrogens with two attached hydrogens (primary N) is 1. The van der Waals surface area contributed by atoms with Gasteiger partial charge in [-0.2, -0.15) is 0 Å². The monoisotopic (exact) mass is 268 g/mol. The number of carboxylic acid groups (broad SMARTS) is 1. The van der Waals surface area contributed by atoms with Gasteiger partial charge in [0.2, 0.25) is 5.91 Å². The molecule has 1 aliphatic carbocycles. The summed E-state index contributed by atoms with van der Waals surface area (Å²) in [5.74, 6) is -0.0307. The molecule has 1 amide bonds. The first-order chi connectivity index (χ1) is 9.11. The van der Waals surface area contributed by atoms with Crippen molar-refractivity contribution < 1.29 is 14.7 Å². The number of rotatable bonds is 4. The number of hydrogen-bond acceptors (Lipinski definition) is 3. The van der Waals surface area contributed by atoms with Gasteiger partial charge in [-0.3, -0.25) is 9.59 Å². The van der Waals surface area contributed by atoms with Gasteiger partial charge in [-0.05, 0) is 44.1 Å². The summed E-state index contributed by atoms with van der Waals surface area (Å²) < 4.78 is 0. The first-order valence-corrected chi connectivity index (χ1v) is 7.32. The van der Waals surface area contributed by atoms with Gasteiger partial charge in [-0.25, -0.2) is 0 Å². The van der Waals surface area contributed by atoms with E-state index in [9.17, 15) is 9.59 Å². The molecule has 0 bridgehead atoms. The maximum Gasteiger partial charge on any atom is 0.303 e. The highest BCUT2D eigenvalue weighted by molar-refractivity contribution is 5.79. The normalized spacial score (nSPS) is 31.4. The van der Waals surface area contributed by atoms with Crippen molar-refractivity contribution in [3.05, 3.63) is 0 Å². The molecule has 3 N–H and O–H groups in total. The van der Waals surface area contributed by atoms with Gasteiger partial charge >= 0.3 is 5.97 Å². The molecule has 5 nitrogen and oxygen atoms in total. The Morgan fingerprint density at radius 1 is 1.21 bits per heavy atom. The summed E-state index contributed by atoms with van der Waals surface area (Å²) in [4.78, 5) is 25.2. The van der Waals surface area contributed by atoms with Crippen molar-refractivity contribution in [2.45, 2.75) is 38.5 Å². The molecular formula is C14H24N2O3. The third-order valence-electron chi connectivity index (χ3n) is 4.57. The maximum absolute atomic E-state index is 12.5. The van der Waals surface area contributed by atoms with Crippen LogP contribution in [0.2, 0.25) is 0 Å². The van der Waals surface area contributed by atoms with Crippen LogP contribution < -0.4 is 5.73 Å². The van der Waals surface area contributed by atoms with Crippen molar-refractivity contribution in [1.29, 1.82) is 0 Å². The summed E-state index contributed by atoms with van der Waals surface area (Å²) in [5.41, 5.74) is 5.74. The van der Waals surface area contributed by atoms with E-state index in [1.54, 1.807) is 0 Å². The molecule has 108 valence electrons. The van der Waals surface area contributed by atoms with Gasteiger partial charge in [0.05, 0.1) is 0 Å². The van der Waals surface area contributed by atoms with Crippen LogP contribution in [0.5, 0.6) is 0 Å². The Kier molecular flexibility index (Phi) is 4.80. The molecule has 1 heterocycles. The molecule has 0 aromatic carbocycles. The van der Waals surface area contributed by atoms with E-state index in [0.717, 1.165) is 38.6 Å². The van der Waals surface area contributed by atoms with Gasteiger partial charge in [-0.1, -0.05) is 6.42 Å². The van der Waals surface area contributed by atoms with Crippen molar-refractivity contribution >= 4 is 11.9 Å². The average molecular weight is 268 g/mol. The number of amides is 1. The third kappa shape index (κ3) is 3.47. The number of carbonyl (C=O) groups excluding carboxylic acids is 1. The van der Waals surface area contributed by atoms with Crippen LogP contribution in [0.4, 0.5) is 0 Å². The van der Waals surface area contributed by atoms with Crippen LogP contribution in [-0.2, 0) is 9.59 Å². The molecule has 0 aromatic heterocycles. The first-order valence-electron chi connectivity index (χ1n) is 7.32. The van der Waals surface area contributed by atoms with Crippen LogP contribution in [0.1, 0.15) is 38.5 Å². The Morgan fingerprint density at radius 2 is 2.00 bits per heavy atom. The van der Waals surface area contributed by atoms with E-state index < -0.39 is 5.97 Å². The molecule has 2 rings (SSSR count). The summed E-state index contributed by atoms with van der Waals surface area (Å²) in [6.45, 7) is 1.98. The summed E-state index contributed by atoms with van der Waals surface area (Å²) in [6.07, 6.45) is 5.10. The van der Waals surface area contributed by atoms with Gasteiger partial charge in [0, 0.05) is 25.4 Å². The molecular weight excluding hydrogens is 244 g/mol. The highest BCUT2D eigenvalue weighted by atomic mass is 16.4. The zero-order valence-electron chi connectivity index (χ0n) is 11.4. The summed E-state index contributed by atoms with van der Waals surface area (Å²) in [6, 6.07) is 0. The van der Waals surface area contributed by atoms with Crippen molar-refractivity contribution in [3.8, 4) is 0 Å². The number of likely N-dealkylation sites (tertiary alicyclic amines) is 1. The van der Waals surface area contributed by atoms with E-state index in [4.69, 9.17) is 10.8 Å². The lowest BCUT2D eigenvalue weighted by Crippen LogP contribution is -2.44. The van der Waals surface area contributed by atoms with E-state index in [0.29, 0.717) is 19.0 Å². The highest BCUT2D eigenvalue weighted by Gasteiger charge is 2.36. The van der Waals surface area contributed by atoms with Crippen LogP contribution in [0.15, 0.2) is 0 Å². The average Bonchev–Trinajstić information content (AvgIpc) is 2.85. The Labute approximate surface area is 114 Å². The minimum absolute atomic E-state index is 0.0774. The minimum Gasteiger partial charge on any atom is -0.481 e. The SMILES string of the molecule is NCC1CCCC1C(=O)N1CCCC(CC(=O)O)C1. The van der Waals surface area contributed by atoms with Crippen LogP contribution in [0.3, 0.4) is 0 Å². The minimum atomic E-state index is -0.764. The van der Waals surface area contributed by atoms with Crippen molar-refractivity contribution in [2.75, 3.05) is 19.6 Å². The van der Waals surface area contributed by atoms with Crippen LogP contribution in [0, 0.1) is 17.8 Å². The summed E-state index contributed by atoms with van der Waals surface area (Å²) in [5, 5.41) is 8.86. The second-order valence-corrected chi connectivity index (χ2v) is 5.92. The molecule has 3 atom stereocenters. The van der Waals surface area contributed by atoms with Crippen LogP contribution >= 0.6 is 0 Å². The summed E-state index contributed by atoms with van der Waals surface area (Å²) in [7, 11) is 0. The molecule has 1 aliphatic heterocycles. The molecule has 2 aliphatic rings. The van der Waals surface area contributed by atoms with Gasteiger partial charge < -0.3 is 15.7 Å². The third-order valence-corrected chi connectivity index (χ3v) is 4.57. The van der Waals surface area contributed by atoms with Crippen LogP contribution in [-0.4, -0.2) is 41.5 Å². The second-order valence-electron chi connectivity index (χ2n) is 5.92. The Morgan fingerprint density at radius 3 is 2.68 bits per heavy atom.